The number of alkyl halides is 3. The van der Waals surface area contributed by atoms with Crippen LogP contribution in [-0.4, -0.2) is 26.2 Å². The highest BCUT2D eigenvalue weighted by Gasteiger charge is 2.46. The molecule has 0 radical (unpaired) electrons. The Kier molecular flexibility index (Phi) is 8.74. The van der Waals surface area contributed by atoms with Crippen molar-refractivity contribution in [2.75, 3.05) is 7.11 Å². The summed E-state index contributed by atoms with van der Waals surface area (Å²) in [7, 11) is -0.607. The third-order valence-electron chi connectivity index (χ3n) is 9.53. The van der Waals surface area contributed by atoms with Crippen LogP contribution in [0.1, 0.15) is 136 Å². The Hall–Kier alpha value is -2.03. The van der Waals surface area contributed by atoms with Crippen molar-refractivity contribution in [1.29, 1.82) is 0 Å². The van der Waals surface area contributed by atoms with Crippen LogP contribution in [0.15, 0.2) is 24.3 Å². The first kappa shape index (κ1) is 31.9. The fraction of sp³-hybridized carbons (Fsp3) is 0.636. The Balaban J connectivity index is 2.00. The van der Waals surface area contributed by atoms with E-state index in [0.29, 0.717) is 11.3 Å². The minimum absolute atomic E-state index is 0.000905. The van der Waals surface area contributed by atoms with E-state index in [-0.39, 0.29) is 33.8 Å². The van der Waals surface area contributed by atoms with Gasteiger partial charge in [-0.3, -0.25) is 9.78 Å². The molecule has 0 spiro atoms. The van der Waals surface area contributed by atoms with Crippen molar-refractivity contribution < 1.29 is 27.1 Å². The van der Waals surface area contributed by atoms with Gasteiger partial charge in [0.05, 0.1) is 29.0 Å². The quantitative estimate of drug-likeness (QED) is 0.238. The number of rotatable bonds is 7. The molecule has 2 aliphatic rings. The molecule has 1 saturated carbocycles. The van der Waals surface area contributed by atoms with Gasteiger partial charge in [-0.15, -0.1) is 0 Å². The van der Waals surface area contributed by atoms with E-state index in [9.17, 15) is 18.0 Å². The van der Waals surface area contributed by atoms with Gasteiger partial charge in [-0.05, 0) is 79.8 Å². The van der Waals surface area contributed by atoms with Crippen molar-refractivity contribution in [3.05, 3.63) is 63.5 Å². The summed E-state index contributed by atoms with van der Waals surface area (Å²) in [5.74, 6) is -0.139. The maximum absolute atomic E-state index is 14.4. The van der Waals surface area contributed by atoms with E-state index in [0.717, 1.165) is 67.5 Å². The molecule has 2 atom stereocenters. The third-order valence-corrected chi connectivity index (χ3v) is 14.0. The topological polar surface area (TPSA) is 48.4 Å². The average Bonchev–Trinajstić information content (AvgIpc) is 3.39. The zero-order valence-corrected chi connectivity index (χ0v) is 27.1. The van der Waals surface area contributed by atoms with Crippen molar-refractivity contribution in [1.82, 2.24) is 4.98 Å². The maximum Gasteiger partial charge on any atom is 0.416 e. The lowest BCUT2D eigenvalue weighted by Gasteiger charge is -2.45. The molecule has 4 nitrogen and oxygen atoms in total. The molecule has 0 N–H and O–H groups in total. The van der Waals surface area contributed by atoms with Gasteiger partial charge in [0.2, 0.25) is 0 Å². The zero-order chi connectivity index (χ0) is 30.5. The first-order chi connectivity index (χ1) is 18.9. The standard InChI is InChI=1S/C33H46F3NO3Si/c1-20(39-7)29-28(30(38)22-14-16-23(17-15-22)33(34,35)36)26(21-12-10-11-13-21)27-24(37-29)18-32(5,6)19-25(27)40-41(8,9)31(2,3)4/h14-17,20-21,25H,10-13,18-19H2,1-9H3. The van der Waals surface area contributed by atoms with E-state index < -0.39 is 26.2 Å². The summed E-state index contributed by atoms with van der Waals surface area (Å²) in [6.07, 6.45) is 0.511. The van der Waals surface area contributed by atoms with Gasteiger partial charge in [0.25, 0.3) is 0 Å². The molecule has 226 valence electrons. The lowest BCUT2D eigenvalue weighted by Crippen LogP contribution is -2.44. The van der Waals surface area contributed by atoms with E-state index in [1.54, 1.807) is 7.11 Å². The van der Waals surface area contributed by atoms with Crippen LogP contribution in [0.4, 0.5) is 13.2 Å². The van der Waals surface area contributed by atoms with Crippen molar-refractivity contribution in [3.8, 4) is 0 Å². The fourth-order valence-corrected chi connectivity index (χ4v) is 7.45. The number of hydrogen-bond donors (Lipinski definition) is 0. The predicted octanol–water partition coefficient (Wildman–Crippen LogP) is 9.73. The molecular formula is C33H46F3NO3Si. The molecule has 4 rings (SSSR count). The lowest BCUT2D eigenvalue weighted by atomic mass is 9.71. The number of aromatic nitrogens is 1. The van der Waals surface area contributed by atoms with Crippen LogP contribution in [0.25, 0.3) is 0 Å². The summed E-state index contributed by atoms with van der Waals surface area (Å²) >= 11 is 0. The Bertz CT molecular complexity index is 1270. The number of methoxy groups -OCH3 is 1. The summed E-state index contributed by atoms with van der Waals surface area (Å²) in [6, 6.07) is 4.55. The van der Waals surface area contributed by atoms with Crippen molar-refractivity contribution in [3.63, 3.8) is 0 Å². The molecular weight excluding hydrogens is 543 g/mol. The number of carbonyl (C=O) groups is 1. The molecule has 2 aliphatic carbocycles. The molecule has 1 fully saturated rings. The van der Waals surface area contributed by atoms with E-state index in [1.165, 1.54) is 12.1 Å². The normalized spacial score (nSPS) is 20.6. The number of ether oxygens (including phenoxy) is 1. The summed E-state index contributed by atoms with van der Waals surface area (Å²) in [4.78, 5) is 19.5. The molecule has 1 aromatic heterocycles. The molecule has 41 heavy (non-hydrogen) atoms. The highest BCUT2D eigenvalue weighted by Crippen LogP contribution is 2.52. The number of nitrogens with zero attached hydrogens (tertiary/aromatic N) is 1. The molecule has 1 heterocycles. The van der Waals surface area contributed by atoms with Crippen LogP contribution < -0.4 is 0 Å². The van der Waals surface area contributed by atoms with Crippen molar-refractivity contribution in [2.45, 2.75) is 123 Å². The molecule has 8 heteroatoms. The van der Waals surface area contributed by atoms with Crippen LogP contribution in [0.2, 0.25) is 18.1 Å². The number of hydrogen-bond acceptors (Lipinski definition) is 4. The average molecular weight is 590 g/mol. The van der Waals surface area contributed by atoms with Gasteiger partial charge in [0, 0.05) is 23.9 Å². The van der Waals surface area contributed by atoms with Gasteiger partial charge in [0.1, 0.15) is 0 Å². The first-order valence-corrected chi connectivity index (χ1v) is 17.8. The van der Waals surface area contributed by atoms with Gasteiger partial charge < -0.3 is 9.16 Å². The second-order valence-electron chi connectivity index (χ2n) is 14.3. The van der Waals surface area contributed by atoms with E-state index in [1.807, 2.05) is 6.92 Å². The van der Waals surface area contributed by atoms with Crippen LogP contribution in [0.3, 0.4) is 0 Å². The Labute approximate surface area is 244 Å². The second kappa shape index (κ2) is 11.2. The second-order valence-corrected chi connectivity index (χ2v) is 19.1. The number of pyridine rings is 1. The van der Waals surface area contributed by atoms with Gasteiger partial charge in [-0.25, -0.2) is 0 Å². The molecule has 2 unspecified atom stereocenters. The molecule has 0 amide bonds. The molecule has 1 aromatic carbocycles. The molecule has 0 aliphatic heterocycles. The number of fused-ring (bicyclic) bond motifs is 1. The summed E-state index contributed by atoms with van der Waals surface area (Å²) in [6.45, 7) is 17.6. The predicted molar refractivity (Wildman–Crippen MR) is 159 cm³/mol. The SMILES string of the molecule is COC(C)c1nc2c(c(C3CCCC3)c1C(=O)c1ccc(C(F)(F)F)cc1)C(O[Si](C)(C)C(C)(C)C)CC(C)(C)C2. The summed E-state index contributed by atoms with van der Waals surface area (Å²) in [5.41, 5.74) is 3.47. The smallest absolute Gasteiger partial charge is 0.410 e. The maximum atomic E-state index is 14.4. The van der Waals surface area contributed by atoms with E-state index in [4.69, 9.17) is 14.1 Å². The monoisotopic (exact) mass is 589 g/mol. The van der Waals surface area contributed by atoms with Crippen molar-refractivity contribution in [2.24, 2.45) is 5.41 Å². The van der Waals surface area contributed by atoms with E-state index >= 15 is 0 Å². The van der Waals surface area contributed by atoms with Crippen LogP contribution in [0, 0.1) is 5.41 Å². The van der Waals surface area contributed by atoms with Crippen LogP contribution in [-0.2, 0) is 21.8 Å². The van der Waals surface area contributed by atoms with Gasteiger partial charge in [-0.2, -0.15) is 13.2 Å². The third kappa shape index (κ3) is 6.49. The lowest BCUT2D eigenvalue weighted by molar-refractivity contribution is -0.137. The Morgan fingerprint density at radius 1 is 1.05 bits per heavy atom. The highest BCUT2D eigenvalue weighted by molar-refractivity contribution is 6.74. The fourth-order valence-electron chi connectivity index (χ4n) is 6.18. The number of halogens is 3. The summed E-state index contributed by atoms with van der Waals surface area (Å²) in [5, 5.41) is -0.000905. The minimum atomic E-state index is -4.47. The Morgan fingerprint density at radius 2 is 1.63 bits per heavy atom. The first-order valence-electron chi connectivity index (χ1n) is 14.9. The highest BCUT2D eigenvalue weighted by atomic mass is 28.4. The van der Waals surface area contributed by atoms with Gasteiger partial charge >= 0.3 is 6.18 Å². The minimum Gasteiger partial charge on any atom is -0.410 e. The van der Waals surface area contributed by atoms with Gasteiger partial charge in [-0.1, -0.05) is 59.6 Å². The molecule has 0 saturated heterocycles. The van der Waals surface area contributed by atoms with Crippen LogP contribution >= 0.6 is 0 Å². The zero-order valence-electron chi connectivity index (χ0n) is 26.1. The Morgan fingerprint density at radius 3 is 2.15 bits per heavy atom. The largest absolute Gasteiger partial charge is 0.416 e. The van der Waals surface area contributed by atoms with E-state index in [2.05, 4.69) is 47.7 Å². The number of carbonyl (C=O) groups excluding carboxylic acids is 1. The number of ketones is 1. The summed E-state index contributed by atoms with van der Waals surface area (Å²) < 4.78 is 52.9. The van der Waals surface area contributed by atoms with Crippen LogP contribution in [0.5, 0.6) is 0 Å². The molecule has 2 aromatic rings. The number of benzene rings is 1. The van der Waals surface area contributed by atoms with Crippen molar-refractivity contribution >= 4 is 14.1 Å². The molecule has 0 bridgehead atoms. The van der Waals surface area contributed by atoms with Gasteiger partial charge in [0.15, 0.2) is 14.1 Å².